The molecular weight excluding hydrogens is 318 g/mol. The third-order valence-electron chi connectivity index (χ3n) is 4.41. The molecule has 1 aromatic carbocycles. The van der Waals surface area contributed by atoms with Crippen molar-refractivity contribution in [3.05, 3.63) is 22.2 Å². The number of hydrogen-bond acceptors (Lipinski definition) is 3. The van der Waals surface area contributed by atoms with Crippen LogP contribution in [0.2, 0.25) is 0 Å². The van der Waals surface area contributed by atoms with Crippen LogP contribution in [-0.2, 0) is 6.54 Å². The van der Waals surface area contributed by atoms with E-state index in [1.165, 1.54) is 12.0 Å². The summed E-state index contributed by atoms with van der Waals surface area (Å²) in [7, 11) is 1.58. The molecule has 0 radical (unpaired) electrons. The summed E-state index contributed by atoms with van der Waals surface area (Å²) in [5, 5.41) is 9.88. The fourth-order valence-corrected chi connectivity index (χ4v) is 3.64. The van der Waals surface area contributed by atoms with Crippen LogP contribution in [-0.4, -0.2) is 29.7 Å². The molecule has 1 saturated heterocycles. The molecule has 1 aliphatic heterocycles. The van der Waals surface area contributed by atoms with Crippen molar-refractivity contribution in [2.24, 2.45) is 11.8 Å². The van der Waals surface area contributed by atoms with Gasteiger partial charge in [0, 0.05) is 19.1 Å². The van der Waals surface area contributed by atoms with Gasteiger partial charge in [0.2, 0.25) is 0 Å². The molecule has 20 heavy (non-hydrogen) atoms. The maximum absolute atomic E-state index is 9.88. The van der Waals surface area contributed by atoms with E-state index in [9.17, 15) is 5.11 Å². The summed E-state index contributed by atoms with van der Waals surface area (Å²) in [6, 6.07) is 4.50. The topological polar surface area (TPSA) is 32.7 Å². The van der Waals surface area contributed by atoms with Crippen LogP contribution in [0.25, 0.3) is 0 Å². The molecule has 3 nitrogen and oxygen atoms in total. The molecule has 3 unspecified atom stereocenters. The van der Waals surface area contributed by atoms with Gasteiger partial charge in [0.25, 0.3) is 0 Å². The van der Waals surface area contributed by atoms with Gasteiger partial charge >= 0.3 is 0 Å². The number of rotatable bonds is 3. The molecule has 1 aliphatic rings. The van der Waals surface area contributed by atoms with Gasteiger partial charge in [-0.3, -0.25) is 4.90 Å². The van der Waals surface area contributed by atoms with E-state index >= 15 is 0 Å². The Kier molecular flexibility index (Phi) is 4.97. The van der Waals surface area contributed by atoms with Gasteiger partial charge in [0.05, 0.1) is 11.6 Å². The first-order chi connectivity index (χ1) is 9.42. The zero-order chi connectivity index (χ0) is 14.9. The molecule has 1 fully saturated rings. The molecule has 0 spiro atoms. The van der Waals surface area contributed by atoms with Crippen molar-refractivity contribution in [1.29, 1.82) is 0 Å². The number of ether oxygens (including phenoxy) is 1. The Morgan fingerprint density at radius 3 is 2.70 bits per heavy atom. The van der Waals surface area contributed by atoms with Gasteiger partial charge in [-0.15, -0.1) is 0 Å². The van der Waals surface area contributed by atoms with E-state index in [4.69, 9.17) is 4.74 Å². The van der Waals surface area contributed by atoms with Crippen LogP contribution in [0, 0.1) is 11.8 Å². The molecular formula is C16H24BrNO2. The van der Waals surface area contributed by atoms with Crippen LogP contribution in [0.5, 0.6) is 11.5 Å². The van der Waals surface area contributed by atoms with Gasteiger partial charge in [-0.1, -0.05) is 13.8 Å². The summed E-state index contributed by atoms with van der Waals surface area (Å²) in [6.45, 7) is 8.99. The lowest BCUT2D eigenvalue weighted by Gasteiger charge is -2.41. The summed E-state index contributed by atoms with van der Waals surface area (Å²) in [5.74, 6) is 2.16. The normalized spacial score (nSPS) is 27.6. The Bertz CT molecular complexity index is 478. The molecule has 0 saturated carbocycles. The van der Waals surface area contributed by atoms with E-state index < -0.39 is 0 Å². The second kappa shape index (κ2) is 6.35. The lowest BCUT2D eigenvalue weighted by Crippen LogP contribution is -2.45. The van der Waals surface area contributed by atoms with Crippen molar-refractivity contribution in [3.8, 4) is 11.5 Å². The molecule has 0 amide bonds. The maximum atomic E-state index is 9.88. The Labute approximate surface area is 130 Å². The van der Waals surface area contributed by atoms with Gasteiger partial charge in [-0.05, 0) is 58.8 Å². The molecule has 2 rings (SSSR count). The van der Waals surface area contributed by atoms with Crippen molar-refractivity contribution in [1.82, 2.24) is 4.90 Å². The van der Waals surface area contributed by atoms with Crippen molar-refractivity contribution in [3.63, 3.8) is 0 Å². The first kappa shape index (κ1) is 15.6. The summed E-state index contributed by atoms with van der Waals surface area (Å²) >= 11 is 3.39. The molecule has 0 aromatic heterocycles. The SMILES string of the molecule is COc1cc(CN2CC(C)CC(C)C2C)cc(Br)c1O. The summed E-state index contributed by atoms with van der Waals surface area (Å²) < 4.78 is 5.92. The Hall–Kier alpha value is -0.740. The average molecular weight is 342 g/mol. The van der Waals surface area contributed by atoms with E-state index in [0.717, 1.165) is 24.9 Å². The summed E-state index contributed by atoms with van der Waals surface area (Å²) in [4.78, 5) is 2.52. The minimum absolute atomic E-state index is 0.171. The highest BCUT2D eigenvalue weighted by Crippen LogP contribution is 2.36. The highest BCUT2D eigenvalue weighted by Gasteiger charge is 2.28. The van der Waals surface area contributed by atoms with Crippen LogP contribution < -0.4 is 4.74 Å². The van der Waals surface area contributed by atoms with Crippen LogP contribution in [0.15, 0.2) is 16.6 Å². The van der Waals surface area contributed by atoms with Crippen LogP contribution in [0.4, 0.5) is 0 Å². The first-order valence-corrected chi connectivity index (χ1v) is 8.01. The number of benzene rings is 1. The van der Waals surface area contributed by atoms with Gasteiger partial charge in [0.1, 0.15) is 0 Å². The minimum atomic E-state index is 0.171. The van der Waals surface area contributed by atoms with Crippen LogP contribution >= 0.6 is 15.9 Å². The fourth-order valence-electron chi connectivity index (χ4n) is 3.15. The zero-order valence-corrected chi connectivity index (χ0v) is 14.3. The monoisotopic (exact) mass is 341 g/mol. The third kappa shape index (κ3) is 3.29. The second-order valence-corrected chi connectivity index (χ2v) is 6.97. The minimum Gasteiger partial charge on any atom is -0.503 e. The predicted octanol–water partition coefficient (Wildman–Crippen LogP) is 4.03. The predicted molar refractivity (Wildman–Crippen MR) is 85.2 cm³/mol. The number of likely N-dealkylation sites (tertiary alicyclic amines) is 1. The molecule has 1 heterocycles. The van der Waals surface area contributed by atoms with Gasteiger partial charge in [-0.25, -0.2) is 0 Å². The fraction of sp³-hybridized carbons (Fsp3) is 0.625. The molecule has 1 N–H and O–H groups in total. The van der Waals surface area contributed by atoms with E-state index in [1.54, 1.807) is 7.11 Å². The average Bonchev–Trinajstić information content (AvgIpc) is 2.39. The number of phenols is 1. The number of aromatic hydroxyl groups is 1. The maximum Gasteiger partial charge on any atom is 0.172 e. The highest BCUT2D eigenvalue weighted by atomic mass is 79.9. The first-order valence-electron chi connectivity index (χ1n) is 7.21. The smallest absolute Gasteiger partial charge is 0.172 e. The van der Waals surface area contributed by atoms with E-state index in [2.05, 4.69) is 41.6 Å². The number of piperidine rings is 1. The second-order valence-electron chi connectivity index (χ2n) is 6.12. The van der Waals surface area contributed by atoms with E-state index in [-0.39, 0.29) is 5.75 Å². The number of methoxy groups -OCH3 is 1. The largest absolute Gasteiger partial charge is 0.503 e. The number of phenolic OH excluding ortho intramolecular Hbond substituents is 1. The molecule has 112 valence electrons. The third-order valence-corrected chi connectivity index (χ3v) is 5.02. The van der Waals surface area contributed by atoms with Gasteiger partial charge in [0.15, 0.2) is 11.5 Å². The van der Waals surface area contributed by atoms with E-state index in [1.807, 2.05) is 12.1 Å². The van der Waals surface area contributed by atoms with Gasteiger partial charge in [-0.2, -0.15) is 0 Å². The number of hydrogen-bond donors (Lipinski definition) is 1. The zero-order valence-electron chi connectivity index (χ0n) is 12.7. The Morgan fingerprint density at radius 1 is 1.35 bits per heavy atom. The number of nitrogens with zero attached hydrogens (tertiary/aromatic N) is 1. The summed E-state index contributed by atoms with van der Waals surface area (Å²) in [6.07, 6.45) is 1.31. The lowest BCUT2D eigenvalue weighted by atomic mass is 9.86. The Morgan fingerprint density at radius 2 is 2.05 bits per heavy atom. The van der Waals surface area contributed by atoms with Crippen LogP contribution in [0.1, 0.15) is 32.8 Å². The van der Waals surface area contributed by atoms with Crippen molar-refractivity contribution in [2.45, 2.75) is 39.8 Å². The molecule has 3 atom stereocenters. The van der Waals surface area contributed by atoms with Crippen molar-refractivity contribution in [2.75, 3.05) is 13.7 Å². The van der Waals surface area contributed by atoms with Gasteiger partial charge < -0.3 is 9.84 Å². The molecule has 0 aliphatic carbocycles. The van der Waals surface area contributed by atoms with Crippen LogP contribution in [0.3, 0.4) is 0 Å². The van der Waals surface area contributed by atoms with Crippen molar-refractivity contribution >= 4 is 15.9 Å². The molecule has 4 heteroatoms. The van der Waals surface area contributed by atoms with E-state index in [0.29, 0.717) is 16.3 Å². The quantitative estimate of drug-likeness (QED) is 0.900. The highest BCUT2D eigenvalue weighted by molar-refractivity contribution is 9.10. The molecule has 0 bridgehead atoms. The lowest BCUT2D eigenvalue weighted by molar-refractivity contribution is 0.0729. The molecule has 1 aromatic rings. The Balaban J connectivity index is 2.19. The number of halogens is 1. The van der Waals surface area contributed by atoms with Crippen molar-refractivity contribution < 1.29 is 9.84 Å². The standard InChI is InChI=1S/C16H24BrNO2/c1-10-5-11(2)12(3)18(8-10)9-13-6-14(17)16(19)15(7-13)20-4/h6-7,10-12,19H,5,8-9H2,1-4H3. The summed E-state index contributed by atoms with van der Waals surface area (Å²) in [5.41, 5.74) is 1.17.